The van der Waals surface area contributed by atoms with E-state index >= 15 is 0 Å². The van der Waals surface area contributed by atoms with Crippen LogP contribution in [0.25, 0.3) is 0 Å². The van der Waals surface area contributed by atoms with Crippen molar-refractivity contribution in [2.24, 2.45) is 0 Å². The van der Waals surface area contributed by atoms with Crippen LogP contribution in [0.3, 0.4) is 0 Å². The first-order valence-corrected chi connectivity index (χ1v) is 4.77. The molecule has 3 nitrogen and oxygen atoms in total. The molecule has 84 valence electrons. The Morgan fingerprint density at radius 1 is 1.47 bits per heavy atom. The first-order valence-electron chi connectivity index (χ1n) is 4.02. The van der Waals surface area contributed by atoms with Gasteiger partial charge in [0.15, 0.2) is 0 Å². The van der Waals surface area contributed by atoms with E-state index in [4.69, 9.17) is 28.3 Å². The summed E-state index contributed by atoms with van der Waals surface area (Å²) in [4.78, 5) is 3.78. The molecule has 0 amide bonds. The lowest BCUT2D eigenvalue weighted by Crippen LogP contribution is -2.27. The van der Waals surface area contributed by atoms with Crippen LogP contribution in [-0.2, 0) is 0 Å². The molecular formula is C8H8Cl2F2N2O. The third-order valence-electron chi connectivity index (χ3n) is 1.58. The van der Waals surface area contributed by atoms with E-state index in [2.05, 4.69) is 10.3 Å². The molecule has 1 heterocycles. The van der Waals surface area contributed by atoms with Crippen molar-refractivity contribution in [2.75, 3.05) is 11.9 Å². The quantitative estimate of drug-likeness (QED) is 0.870. The van der Waals surface area contributed by atoms with Crippen LogP contribution in [0, 0.1) is 0 Å². The van der Waals surface area contributed by atoms with E-state index in [9.17, 15) is 8.78 Å². The Bertz CT molecular complexity index is 338. The van der Waals surface area contributed by atoms with Crippen molar-refractivity contribution in [3.63, 3.8) is 0 Å². The van der Waals surface area contributed by atoms with Crippen LogP contribution in [0.1, 0.15) is 0 Å². The van der Waals surface area contributed by atoms with Crippen molar-refractivity contribution < 1.29 is 13.9 Å². The number of hydrogen-bond acceptors (Lipinski definition) is 3. The number of anilines is 1. The van der Waals surface area contributed by atoms with Gasteiger partial charge >= 0.3 is 0 Å². The number of nitrogens with zero attached hydrogens (tertiary/aromatic N) is 1. The lowest BCUT2D eigenvalue weighted by atomic mass is 10.3. The second-order valence-electron chi connectivity index (χ2n) is 2.77. The zero-order chi connectivity index (χ0) is 11.4. The Kier molecular flexibility index (Phi) is 4.50. The number of aliphatic hydroxyl groups is 1. The summed E-state index contributed by atoms with van der Waals surface area (Å²) in [5.41, 5.74) is 0. The number of hydrogen-bond donors (Lipinski definition) is 2. The van der Waals surface area contributed by atoms with Crippen LogP contribution in [0.4, 0.5) is 14.6 Å². The van der Waals surface area contributed by atoms with E-state index in [0.29, 0.717) is 5.02 Å². The van der Waals surface area contributed by atoms with Gasteiger partial charge in [-0.1, -0.05) is 23.2 Å². The zero-order valence-electron chi connectivity index (χ0n) is 7.42. The average Bonchev–Trinajstić information content (AvgIpc) is 2.15. The third kappa shape index (κ3) is 3.77. The first kappa shape index (κ1) is 12.4. The molecule has 1 aromatic rings. The normalized spacial score (nSPS) is 12.9. The van der Waals surface area contributed by atoms with E-state index in [1.165, 1.54) is 12.3 Å². The molecule has 0 bridgehead atoms. The minimum Gasteiger partial charge on any atom is -0.385 e. The summed E-state index contributed by atoms with van der Waals surface area (Å²) in [6.07, 6.45) is -3.23. The van der Waals surface area contributed by atoms with Crippen LogP contribution in [0.2, 0.25) is 10.0 Å². The molecular weight excluding hydrogens is 249 g/mol. The number of nitrogens with one attached hydrogen (secondary N) is 1. The Balaban J connectivity index is 2.58. The van der Waals surface area contributed by atoms with Crippen molar-refractivity contribution >= 4 is 29.0 Å². The highest BCUT2D eigenvalue weighted by atomic mass is 35.5. The molecule has 0 saturated carbocycles. The molecule has 0 fully saturated rings. The first-order chi connectivity index (χ1) is 7.00. The van der Waals surface area contributed by atoms with Crippen molar-refractivity contribution in [3.05, 3.63) is 22.3 Å². The Morgan fingerprint density at radius 3 is 2.67 bits per heavy atom. The number of pyridine rings is 1. The SMILES string of the molecule is OC(CNc1ncc(Cl)cc1Cl)C(F)F. The topological polar surface area (TPSA) is 45.1 Å². The van der Waals surface area contributed by atoms with Gasteiger partial charge in [0.2, 0.25) is 0 Å². The van der Waals surface area contributed by atoms with Crippen LogP contribution >= 0.6 is 23.2 Å². The minimum absolute atomic E-state index is 0.209. The molecule has 2 N–H and O–H groups in total. The van der Waals surface area contributed by atoms with Crippen molar-refractivity contribution in [1.29, 1.82) is 0 Å². The predicted molar refractivity (Wildman–Crippen MR) is 54.8 cm³/mol. The van der Waals surface area contributed by atoms with Crippen LogP contribution in [0.15, 0.2) is 12.3 Å². The second kappa shape index (κ2) is 5.44. The highest BCUT2D eigenvalue weighted by Gasteiger charge is 2.16. The molecule has 0 aromatic carbocycles. The number of aromatic nitrogens is 1. The number of halogens is 4. The average molecular weight is 257 g/mol. The molecule has 0 spiro atoms. The fraction of sp³-hybridized carbons (Fsp3) is 0.375. The fourth-order valence-electron chi connectivity index (χ4n) is 0.835. The van der Waals surface area contributed by atoms with Gasteiger partial charge in [0.05, 0.1) is 10.0 Å². The fourth-order valence-corrected chi connectivity index (χ4v) is 1.28. The summed E-state index contributed by atoms with van der Waals surface area (Å²) >= 11 is 11.3. The van der Waals surface area contributed by atoms with Crippen molar-refractivity contribution in [3.8, 4) is 0 Å². The largest absolute Gasteiger partial charge is 0.385 e. The molecule has 0 aliphatic heterocycles. The van der Waals surface area contributed by atoms with Gasteiger partial charge in [0.25, 0.3) is 6.43 Å². The van der Waals surface area contributed by atoms with Gasteiger partial charge in [0, 0.05) is 12.7 Å². The van der Waals surface area contributed by atoms with Gasteiger partial charge < -0.3 is 10.4 Å². The third-order valence-corrected chi connectivity index (χ3v) is 2.07. The number of rotatable bonds is 4. The molecule has 0 saturated heterocycles. The second-order valence-corrected chi connectivity index (χ2v) is 3.61. The summed E-state index contributed by atoms with van der Waals surface area (Å²) < 4.78 is 23.9. The smallest absolute Gasteiger partial charge is 0.265 e. The summed E-state index contributed by atoms with van der Waals surface area (Å²) in [6, 6.07) is 1.42. The van der Waals surface area contributed by atoms with Crippen LogP contribution < -0.4 is 5.32 Å². The Labute approximate surface area is 95.0 Å². The van der Waals surface area contributed by atoms with E-state index < -0.39 is 12.5 Å². The predicted octanol–water partition coefficient (Wildman–Crippen LogP) is 2.43. The van der Waals surface area contributed by atoms with E-state index in [0.717, 1.165) is 0 Å². The molecule has 0 radical (unpaired) electrons. The number of alkyl halides is 2. The van der Waals surface area contributed by atoms with Crippen molar-refractivity contribution in [2.45, 2.75) is 12.5 Å². The highest BCUT2D eigenvalue weighted by Crippen LogP contribution is 2.22. The van der Waals surface area contributed by atoms with E-state index in [1.54, 1.807) is 0 Å². The molecule has 1 unspecified atom stereocenters. The molecule has 1 rings (SSSR count). The highest BCUT2D eigenvalue weighted by molar-refractivity contribution is 6.35. The molecule has 7 heteroatoms. The van der Waals surface area contributed by atoms with Crippen molar-refractivity contribution in [1.82, 2.24) is 4.98 Å². The van der Waals surface area contributed by atoms with Gasteiger partial charge in [0.1, 0.15) is 11.9 Å². The Morgan fingerprint density at radius 2 is 2.13 bits per heavy atom. The maximum atomic E-state index is 11.9. The summed E-state index contributed by atoms with van der Waals surface area (Å²) in [5, 5.41) is 11.9. The summed E-state index contributed by atoms with van der Waals surface area (Å²) in [7, 11) is 0. The molecule has 1 aromatic heterocycles. The molecule has 15 heavy (non-hydrogen) atoms. The zero-order valence-corrected chi connectivity index (χ0v) is 8.93. The summed E-state index contributed by atoms with van der Waals surface area (Å²) in [6.45, 7) is -0.327. The standard InChI is InChI=1S/C8H8Cl2F2N2O/c9-4-1-5(10)8(13-2-4)14-3-6(15)7(11)12/h1-2,6-7,15H,3H2,(H,13,14). The molecule has 0 aliphatic rings. The lowest BCUT2D eigenvalue weighted by molar-refractivity contribution is 0.00381. The number of aliphatic hydroxyl groups excluding tert-OH is 1. The van der Waals surface area contributed by atoms with E-state index in [-0.39, 0.29) is 17.4 Å². The van der Waals surface area contributed by atoms with Crippen LogP contribution in [0.5, 0.6) is 0 Å². The molecule has 1 atom stereocenters. The van der Waals surface area contributed by atoms with Gasteiger partial charge in [-0.25, -0.2) is 13.8 Å². The van der Waals surface area contributed by atoms with Gasteiger partial charge in [-0.15, -0.1) is 0 Å². The molecule has 0 aliphatic carbocycles. The lowest BCUT2D eigenvalue weighted by Gasteiger charge is -2.11. The Hall–Kier alpha value is -0.650. The summed E-state index contributed by atoms with van der Waals surface area (Å²) in [5.74, 6) is 0.209. The maximum Gasteiger partial charge on any atom is 0.265 e. The van der Waals surface area contributed by atoms with Gasteiger partial charge in [-0.05, 0) is 6.07 Å². The van der Waals surface area contributed by atoms with E-state index in [1.807, 2.05) is 0 Å². The van der Waals surface area contributed by atoms with Gasteiger partial charge in [-0.3, -0.25) is 0 Å². The maximum absolute atomic E-state index is 11.9. The minimum atomic E-state index is -2.80. The van der Waals surface area contributed by atoms with Crippen LogP contribution in [-0.4, -0.2) is 29.2 Å². The monoisotopic (exact) mass is 256 g/mol. The van der Waals surface area contributed by atoms with Gasteiger partial charge in [-0.2, -0.15) is 0 Å².